The summed E-state index contributed by atoms with van der Waals surface area (Å²) in [4.78, 5) is 34.7. The van der Waals surface area contributed by atoms with Crippen molar-refractivity contribution in [1.29, 1.82) is 0 Å². The van der Waals surface area contributed by atoms with E-state index in [1.807, 2.05) is 6.92 Å². The maximum Gasteiger partial charge on any atom is 0.259 e. The van der Waals surface area contributed by atoms with Gasteiger partial charge in [0.25, 0.3) is 5.91 Å². The fraction of sp³-hybridized carbons (Fsp3) is 0.300. The Morgan fingerprint density at radius 2 is 2.04 bits per heavy atom. The molecule has 0 aromatic carbocycles. The number of rotatable bonds is 5. The van der Waals surface area contributed by atoms with Crippen molar-refractivity contribution >= 4 is 28.2 Å². The topological polar surface area (TPSA) is 94.3 Å². The summed E-state index contributed by atoms with van der Waals surface area (Å²) >= 11 is 1.17. The number of hydrogen-bond donors (Lipinski definition) is 1. The minimum atomic E-state index is -0.322. The van der Waals surface area contributed by atoms with Crippen molar-refractivity contribution in [3.05, 3.63) is 52.9 Å². The molecule has 1 aliphatic heterocycles. The first-order valence-electron chi connectivity index (χ1n) is 9.02. The molecule has 0 aliphatic carbocycles. The molecule has 0 unspecified atom stereocenters. The van der Waals surface area contributed by atoms with E-state index in [1.165, 1.54) is 23.8 Å². The predicted molar refractivity (Wildman–Crippen MR) is 105 cm³/mol. The lowest BCUT2D eigenvalue weighted by Crippen LogP contribution is -2.23. The van der Waals surface area contributed by atoms with Gasteiger partial charge in [0.15, 0.2) is 16.7 Å². The number of pyridine rings is 1. The molecular formula is C20H19N3O4S. The average Bonchev–Trinajstić information content (AvgIpc) is 3.38. The van der Waals surface area contributed by atoms with Gasteiger partial charge in [0.1, 0.15) is 10.6 Å². The van der Waals surface area contributed by atoms with Crippen LogP contribution in [0.1, 0.15) is 38.6 Å². The first-order valence-corrected chi connectivity index (χ1v) is 9.84. The third-order valence-electron chi connectivity index (χ3n) is 4.59. The Kier molecular flexibility index (Phi) is 5.31. The molecule has 1 aliphatic rings. The number of ketones is 1. The summed E-state index contributed by atoms with van der Waals surface area (Å²) in [6.45, 7) is 3.01. The lowest BCUT2D eigenvalue weighted by molar-refractivity contribution is 0.0547. The number of ether oxygens (including phenoxy) is 1. The second-order valence-electron chi connectivity index (χ2n) is 6.57. The van der Waals surface area contributed by atoms with E-state index >= 15 is 0 Å². The number of amides is 1. The van der Waals surface area contributed by atoms with E-state index in [1.54, 1.807) is 24.3 Å². The van der Waals surface area contributed by atoms with Crippen molar-refractivity contribution in [1.82, 2.24) is 9.97 Å². The summed E-state index contributed by atoms with van der Waals surface area (Å²) in [5.74, 6) is 0.0962. The van der Waals surface area contributed by atoms with Crippen LogP contribution in [0.15, 0.2) is 41.1 Å². The Bertz CT molecular complexity index is 974. The molecule has 4 rings (SSSR count). The van der Waals surface area contributed by atoms with Crippen LogP contribution >= 0.6 is 11.3 Å². The van der Waals surface area contributed by atoms with Gasteiger partial charge in [0.2, 0.25) is 0 Å². The molecule has 1 saturated heterocycles. The Balaban J connectivity index is 1.62. The lowest BCUT2D eigenvalue weighted by Gasteiger charge is -2.20. The molecule has 3 aromatic rings. The Hall–Kier alpha value is -2.84. The maximum atomic E-state index is 13.1. The number of nitrogens with zero attached hydrogens (tertiary/aromatic N) is 2. The summed E-state index contributed by atoms with van der Waals surface area (Å²) in [5.41, 5.74) is 1.72. The zero-order chi connectivity index (χ0) is 19.5. The van der Waals surface area contributed by atoms with Crippen molar-refractivity contribution in [2.45, 2.75) is 19.8 Å². The molecule has 28 heavy (non-hydrogen) atoms. The number of aromatic nitrogens is 2. The van der Waals surface area contributed by atoms with Gasteiger partial charge in [-0.15, -0.1) is 0 Å². The molecular weight excluding hydrogens is 378 g/mol. The Labute approximate surface area is 165 Å². The summed E-state index contributed by atoms with van der Waals surface area (Å²) in [5, 5.41) is 3.12. The minimum Gasteiger partial charge on any atom is -0.463 e. The van der Waals surface area contributed by atoms with Crippen molar-refractivity contribution in [2.75, 3.05) is 18.5 Å². The van der Waals surface area contributed by atoms with Crippen LogP contribution in [0.5, 0.6) is 0 Å². The van der Waals surface area contributed by atoms with E-state index in [0.29, 0.717) is 53.1 Å². The highest BCUT2D eigenvalue weighted by atomic mass is 32.1. The number of Topliss-reactive ketones (excluding diaryl/α,β-unsaturated/α-hetero) is 1. The van der Waals surface area contributed by atoms with Crippen LogP contribution in [0.25, 0.3) is 11.5 Å². The highest BCUT2D eigenvalue weighted by molar-refractivity contribution is 7.18. The molecule has 4 heterocycles. The van der Waals surface area contributed by atoms with Crippen molar-refractivity contribution in [3.63, 3.8) is 0 Å². The van der Waals surface area contributed by atoms with E-state index in [9.17, 15) is 9.59 Å². The molecule has 0 spiro atoms. The highest BCUT2D eigenvalue weighted by Gasteiger charge is 2.29. The molecule has 8 heteroatoms. The van der Waals surface area contributed by atoms with Gasteiger partial charge in [0.05, 0.1) is 11.8 Å². The largest absolute Gasteiger partial charge is 0.463 e. The Morgan fingerprint density at radius 3 is 2.71 bits per heavy atom. The van der Waals surface area contributed by atoms with Gasteiger partial charge in [-0.05, 0) is 44.0 Å². The number of thiazole rings is 1. The van der Waals surface area contributed by atoms with Gasteiger partial charge in [-0.2, -0.15) is 0 Å². The van der Waals surface area contributed by atoms with Crippen molar-refractivity contribution in [3.8, 4) is 11.5 Å². The summed E-state index contributed by atoms with van der Waals surface area (Å²) in [6, 6.07) is 6.97. The first-order chi connectivity index (χ1) is 13.6. The van der Waals surface area contributed by atoms with Crippen LogP contribution < -0.4 is 5.32 Å². The van der Waals surface area contributed by atoms with Gasteiger partial charge in [0, 0.05) is 31.0 Å². The molecule has 0 saturated carbocycles. The molecule has 1 fully saturated rings. The standard InChI is InChI=1S/C20H19N3O4S/c1-12-4-5-14(11-21-12)19(25)23-20-22-16(15-3-2-8-27-15)18(28-20)17(24)13-6-9-26-10-7-13/h2-5,8,11,13H,6-7,9-10H2,1H3,(H,22,23,25). The average molecular weight is 397 g/mol. The first kappa shape index (κ1) is 18.5. The van der Waals surface area contributed by atoms with E-state index in [0.717, 1.165) is 5.69 Å². The van der Waals surface area contributed by atoms with E-state index in [-0.39, 0.29) is 17.6 Å². The van der Waals surface area contributed by atoms with Crippen LogP contribution in [-0.2, 0) is 4.74 Å². The summed E-state index contributed by atoms with van der Waals surface area (Å²) in [7, 11) is 0. The molecule has 1 N–H and O–H groups in total. The lowest BCUT2D eigenvalue weighted by atomic mass is 9.94. The van der Waals surface area contributed by atoms with E-state index in [2.05, 4.69) is 15.3 Å². The third-order valence-corrected chi connectivity index (χ3v) is 5.58. The van der Waals surface area contributed by atoms with Gasteiger partial charge in [-0.25, -0.2) is 4.98 Å². The van der Waals surface area contributed by atoms with Crippen LogP contribution in [0.4, 0.5) is 5.13 Å². The SMILES string of the molecule is Cc1ccc(C(=O)Nc2nc(-c3ccco3)c(C(=O)C3CCOCC3)s2)cn1. The molecule has 1 amide bonds. The smallest absolute Gasteiger partial charge is 0.259 e. The number of carbonyl (C=O) groups excluding carboxylic acids is 2. The molecule has 3 aromatic heterocycles. The van der Waals surface area contributed by atoms with Gasteiger partial charge in [-0.1, -0.05) is 11.3 Å². The van der Waals surface area contributed by atoms with Crippen LogP contribution in [0, 0.1) is 12.8 Å². The second-order valence-corrected chi connectivity index (χ2v) is 7.57. The van der Waals surface area contributed by atoms with E-state index < -0.39 is 0 Å². The van der Waals surface area contributed by atoms with Crippen molar-refractivity contribution in [2.24, 2.45) is 5.92 Å². The highest BCUT2D eigenvalue weighted by Crippen LogP contribution is 2.35. The zero-order valence-electron chi connectivity index (χ0n) is 15.3. The van der Waals surface area contributed by atoms with Crippen LogP contribution in [0.3, 0.4) is 0 Å². The molecule has 144 valence electrons. The number of furan rings is 1. The predicted octanol–water partition coefficient (Wildman–Crippen LogP) is 3.97. The number of nitrogens with one attached hydrogen (secondary N) is 1. The fourth-order valence-corrected chi connectivity index (χ4v) is 4.02. The number of hydrogen-bond acceptors (Lipinski definition) is 7. The van der Waals surface area contributed by atoms with Gasteiger partial charge < -0.3 is 9.15 Å². The van der Waals surface area contributed by atoms with Crippen molar-refractivity contribution < 1.29 is 18.7 Å². The number of aryl methyl sites for hydroxylation is 1. The quantitative estimate of drug-likeness (QED) is 0.655. The normalized spacial score (nSPS) is 14.8. The van der Waals surface area contributed by atoms with Gasteiger partial charge in [-0.3, -0.25) is 19.9 Å². The van der Waals surface area contributed by atoms with Crippen LogP contribution in [0.2, 0.25) is 0 Å². The summed E-state index contributed by atoms with van der Waals surface area (Å²) < 4.78 is 10.8. The fourth-order valence-electron chi connectivity index (χ4n) is 3.04. The third kappa shape index (κ3) is 3.88. The summed E-state index contributed by atoms with van der Waals surface area (Å²) in [6.07, 6.45) is 4.42. The monoisotopic (exact) mass is 397 g/mol. The Morgan fingerprint density at radius 1 is 1.21 bits per heavy atom. The number of carbonyl (C=O) groups is 2. The van der Waals surface area contributed by atoms with Crippen LogP contribution in [-0.4, -0.2) is 34.9 Å². The molecule has 7 nitrogen and oxygen atoms in total. The maximum absolute atomic E-state index is 13.1. The molecule has 0 bridgehead atoms. The minimum absolute atomic E-state index is 0.0182. The number of anilines is 1. The van der Waals surface area contributed by atoms with Gasteiger partial charge >= 0.3 is 0 Å². The molecule has 0 atom stereocenters. The van der Waals surface area contributed by atoms with E-state index in [4.69, 9.17) is 9.15 Å². The molecule has 0 radical (unpaired) electrons. The zero-order valence-corrected chi connectivity index (χ0v) is 16.1. The second kappa shape index (κ2) is 8.04.